The van der Waals surface area contributed by atoms with Gasteiger partial charge < -0.3 is 18.9 Å². The molecule has 39 heavy (non-hydrogen) atoms. The van der Waals surface area contributed by atoms with Crippen LogP contribution in [0.25, 0.3) is 11.3 Å². The van der Waals surface area contributed by atoms with Crippen LogP contribution in [0.5, 0.6) is 0 Å². The average Bonchev–Trinajstić information content (AvgIpc) is 3.50. The summed E-state index contributed by atoms with van der Waals surface area (Å²) in [7, 11) is 0. The molecule has 0 spiro atoms. The maximum Gasteiger partial charge on any atom is 0.303 e. The maximum atomic E-state index is 13.9. The van der Waals surface area contributed by atoms with E-state index in [1.165, 1.54) is 36.1 Å². The predicted octanol–water partition coefficient (Wildman–Crippen LogP) is 3.24. The predicted molar refractivity (Wildman–Crippen MR) is 127 cm³/mol. The van der Waals surface area contributed by atoms with E-state index < -0.39 is 65.8 Å². The van der Waals surface area contributed by atoms with Crippen LogP contribution in [0.1, 0.15) is 43.6 Å². The number of thiazole rings is 1. The molecular formula is C24H23F3N4O7S. The number of benzene rings is 1. The lowest BCUT2D eigenvalue weighted by molar-refractivity contribution is -0.231. The highest BCUT2D eigenvalue weighted by molar-refractivity contribution is 7.09. The maximum absolute atomic E-state index is 13.9. The number of rotatable bonds is 7. The molecule has 3 heterocycles. The van der Waals surface area contributed by atoms with E-state index in [4.69, 9.17) is 18.9 Å². The van der Waals surface area contributed by atoms with E-state index in [0.29, 0.717) is 10.7 Å². The monoisotopic (exact) mass is 568 g/mol. The molecule has 208 valence electrons. The second-order valence-corrected chi connectivity index (χ2v) is 9.73. The lowest BCUT2D eigenvalue weighted by atomic mass is 9.90. The zero-order valence-electron chi connectivity index (χ0n) is 21.1. The first-order valence-electron chi connectivity index (χ1n) is 11.6. The normalized spacial score (nSPS) is 22.8. The van der Waals surface area contributed by atoms with Gasteiger partial charge in [0.1, 0.15) is 30.6 Å². The van der Waals surface area contributed by atoms with Crippen LogP contribution in [0, 0.1) is 24.4 Å². The van der Waals surface area contributed by atoms with Crippen LogP contribution in [0.3, 0.4) is 0 Å². The number of halogens is 3. The van der Waals surface area contributed by atoms with Crippen molar-refractivity contribution in [2.24, 2.45) is 0 Å². The van der Waals surface area contributed by atoms with Gasteiger partial charge in [0, 0.05) is 31.7 Å². The number of carbonyl (C=O) groups is 3. The molecule has 5 atom stereocenters. The Bertz CT molecular complexity index is 1370. The summed E-state index contributed by atoms with van der Waals surface area (Å²) in [6.45, 7) is 4.93. The second-order valence-electron chi connectivity index (χ2n) is 8.67. The van der Waals surface area contributed by atoms with Crippen LogP contribution in [0.4, 0.5) is 13.2 Å². The first kappa shape index (κ1) is 28.2. The highest BCUT2D eigenvalue weighted by atomic mass is 32.1. The van der Waals surface area contributed by atoms with Gasteiger partial charge in [-0.3, -0.25) is 14.4 Å². The van der Waals surface area contributed by atoms with Gasteiger partial charge in [-0.05, 0) is 19.1 Å². The summed E-state index contributed by atoms with van der Waals surface area (Å²) < 4.78 is 65.0. The molecule has 0 aliphatic carbocycles. The molecule has 11 nitrogen and oxygen atoms in total. The molecule has 3 aromatic rings. The van der Waals surface area contributed by atoms with Gasteiger partial charge >= 0.3 is 17.9 Å². The van der Waals surface area contributed by atoms with Crippen LogP contribution in [0.15, 0.2) is 23.7 Å². The number of aryl methyl sites for hydroxylation is 1. The Morgan fingerprint density at radius 2 is 1.67 bits per heavy atom. The summed E-state index contributed by atoms with van der Waals surface area (Å²) in [5, 5.41) is 10.4. The molecule has 0 saturated carbocycles. The van der Waals surface area contributed by atoms with Crippen molar-refractivity contribution in [2.45, 2.75) is 58.2 Å². The number of ether oxygens (including phenoxy) is 4. The van der Waals surface area contributed by atoms with Crippen molar-refractivity contribution in [3.63, 3.8) is 0 Å². The van der Waals surface area contributed by atoms with Gasteiger partial charge in [-0.25, -0.2) is 22.8 Å². The smallest absolute Gasteiger partial charge is 0.303 e. The standard InChI is InChI=1S/C24H23F3N4O7S/c1-10-28-18(9-39-10)22-24(37-13(4)34)21(23(36-12(3)33)19(38-22)8-35-11(2)32)31-7-17(29-30-31)14-5-15(25)20(27)16(26)6-14/h5-7,9,19,21-24H,8H2,1-4H3/t19-,21+,22+,23+,24-/m1/s1. The Kier molecular flexibility index (Phi) is 8.30. The highest BCUT2D eigenvalue weighted by Crippen LogP contribution is 2.42. The fourth-order valence-electron chi connectivity index (χ4n) is 4.23. The van der Waals surface area contributed by atoms with Gasteiger partial charge in [-0.2, -0.15) is 0 Å². The molecule has 15 heteroatoms. The van der Waals surface area contributed by atoms with E-state index in [1.807, 2.05) is 0 Å². The Labute approximate surface area is 223 Å². The first-order valence-corrected chi connectivity index (χ1v) is 12.4. The second kappa shape index (κ2) is 11.5. The largest absolute Gasteiger partial charge is 0.463 e. The van der Waals surface area contributed by atoms with E-state index >= 15 is 0 Å². The molecule has 0 amide bonds. The summed E-state index contributed by atoms with van der Waals surface area (Å²) in [5.74, 6) is -6.55. The minimum Gasteiger partial charge on any atom is -0.463 e. The van der Waals surface area contributed by atoms with Crippen molar-refractivity contribution in [1.82, 2.24) is 20.0 Å². The van der Waals surface area contributed by atoms with Gasteiger partial charge in [-0.15, -0.1) is 16.4 Å². The quantitative estimate of drug-likeness (QED) is 0.238. The Morgan fingerprint density at radius 3 is 2.23 bits per heavy atom. The van der Waals surface area contributed by atoms with Crippen LogP contribution >= 0.6 is 11.3 Å². The third-order valence-electron chi connectivity index (χ3n) is 5.74. The summed E-state index contributed by atoms with van der Waals surface area (Å²) in [5.41, 5.74) is 0.215. The molecular weight excluding hydrogens is 545 g/mol. The number of hydrogen-bond donors (Lipinski definition) is 0. The lowest BCUT2D eigenvalue weighted by Crippen LogP contribution is -2.55. The van der Waals surface area contributed by atoms with Gasteiger partial charge in [0.15, 0.2) is 29.7 Å². The highest BCUT2D eigenvalue weighted by Gasteiger charge is 2.52. The summed E-state index contributed by atoms with van der Waals surface area (Å²) in [6.07, 6.45) is -3.27. The van der Waals surface area contributed by atoms with Crippen molar-refractivity contribution >= 4 is 29.2 Å². The number of esters is 3. The molecule has 1 saturated heterocycles. The molecule has 2 aromatic heterocycles. The molecule has 1 aromatic carbocycles. The van der Waals surface area contributed by atoms with E-state index in [1.54, 1.807) is 12.3 Å². The fraction of sp³-hybridized carbons (Fsp3) is 0.417. The third-order valence-corrected chi connectivity index (χ3v) is 6.53. The van der Waals surface area contributed by atoms with Crippen molar-refractivity contribution in [1.29, 1.82) is 0 Å². The zero-order valence-corrected chi connectivity index (χ0v) is 21.9. The molecule has 1 fully saturated rings. The Hall–Kier alpha value is -3.85. The Morgan fingerprint density at radius 1 is 1.03 bits per heavy atom. The molecule has 0 bridgehead atoms. The lowest BCUT2D eigenvalue weighted by Gasteiger charge is -2.44. The van der Waals surface area contributed by atoms with E-state index in [0.717, 1.165) is 19.1 Å². The van der Waals surface area contributed by atoms with Gasteiger partial charge in [0.25, 0.3) is 0 Å². The number of aromatic nitrogens is 4. The molecule has 0 unspecified atom stereocenters. The van der Waals surface area contributed by atoms with Crippen LogP contribution in [-0.2, 0) is 33.3 Å². The van der Waals surface area contributed by atoms with Crippen LogP contribution in [0.2, 0.25) is 0 Å². The Balaban J connectivity index is 1.84. The summed E-state index contributed by atoms with van der Waals surface area (Å²) >= 11 is 1.31. The minimum absolute atomic E-state index is 0.0555. The van der Waals surface area contributed by atoms with E-state index in [9.17, 15) is 27.6 Å². The van der Waals surface area contributed by atoms with Gasteiger partial charge in [0.2, 0.25) is 0 Å². The van der Waals surface area contributed by atoms with Crippen molar-refractivity contribution in [3.8, 4) is 11.3 Å². The number of carbonyl (C=O) groups excluding carboxylic acids is 3. The topological polar surface area (TPSA) is 132 Å². The average molecular weight is 569 g/mol. The molecule has 0 radical (unpaired) electrons. The molecule has 0 N–H and O–H groups in total. The first-order chi connectivity index (χ1) is 18.4. The van der Waals surface area contributed by atoms with Crippen molar-refractivity contribution in [2.75, 3.05) is 6.61 Å². The summed E-state index contributed by atoms with van der Waals surface area (Å²) in [4.78, 5) is 40.3. The van der Waals surface area contributed by atoms with Crippen molar-refractivity contribution in [3.05, 3.63) is 51.9 Å². The summed E-state index contributed by atoms with van der Waals surface area (Å²) in [6, 6.07) is 0.359. The van der Waals surface area contributed by atoms with Gasteiger partial charge in [-0.1, -0.05) is 5.21 Å². The fourth-order valence-corrected chi connectivity index (χ4v) is 4.87. The SMILES string of the molecule is CC(=O)OC[C@H]1O[C@@H](c2csc(C)n2)[C@H](OC(C)=O)[C@@H](n2cc(-c3cc(F)c(F)c(F)c3)nn2)[C@H]1OC(C)=O. The van der Waals surface area contributed by atoms with Crippen LogP contribution in [-0.4, -0.2) is 62.8 Å². The van der Waals surface area contributed by atoms with Gasteiger partial charge in [0.05, 0.1) is 16.9 Å². The zero-order chi connectivity index (χ0) is 28.4. The molecule has 4 rings (SSSR count). The number of hydrogen-bond acceptors (Lipinski definition) is 11. The van der Waals surface area contributed by atoms with E-state index in [2.05, 4.69) is 15.3 Å². The van der Waals surface area contributed by atoms with Crippen LogP contribution < -0.4 is 0 Å². The molecule has 1 aliphatic heterocycles. The molecule has 1 aliphatic rings. The number of nitrogens with zero attached hydrogens (tertiary/aromatic N) is 4. The van der Waals surface area contributed by atoms with Crippen molar-refractivity contribution < 1.29 is 46.5 Å². The van der Waals surface area contributed by atoms with E-state index in [-0.39, 0.29) is 17.9 Å². The minimum atomic E-state index is -1.64. The third kappa shape index (κ3) is 6.25.